The number of aromatic nitrogens is 1. The lowest BCUT2D eigenvalue weighted by Crippen LogP contribution is -2.27. The van der Waals surface area contributed by atoms with Crippen LogP contribution in [0.3, 0.4) is 0 Å². The smallest absolute Gasteiger partial charge is 0.241 e. The van der Waals surface area contributed by atoms with E-state index in [9.17, 15) is 8.42 Å². The van der Waals surface area contributed by atoms with E-state index < -0.39 is 16.1 Å². The molecule has 2 rings (SSSR count). The van der Waals surface area contributed by atoms with Crippen LogP contribution in [0, 0.1) is 25.2 Å². The number of nitrogens with zero attached hydrogens (tertiary/aromatic N) is 2. The van der Waals surface area contributed by atoms with Crippen molar-refractivity contribution < 1.29 is 8.42 Å². The van der Waals surface area contributed by atoms with E-state index in [1.165, 1.54) is 29.5 Å². The molecule has 0 aliphatic carbocycles. The summed E-state index contributed by atoms with van der Waals surface area (Å²) < 4.78 is 27.3. The van der Waals surface area contributed by atoms with Crippen LogP contribution < -0.4 is 4.72 Å². The van der Waals surface area contributed by atoms with Crippen LogP contribution >= 0.6 is 11.3 Å². The van der Waals surface area contributed by atoms with E-state index in [1.807, 2.05) is 18.4 Å². The number of hydrogen-bond acceptors (Lipinski definition) is 5. The Morgan fingerprint density at radius 2 is 2.10 bits per heavy atom. The van der Waals surface area contributed by atoms with Crippen molar-refractivity contribution in [2.45, 2.75) is 31.7 Å². The SMILES string of the molecule is Cc1csc(C(C)NS(=O)(=O)c2ccc(C#N)c(C)c2)n1. The zero-order valence-electron chi connectivity index (χ0n) is 11.9. The van der Waals surface area contributed by atoms with Gasteiger partial charge in [-0.15, -0.1) is 11.3 Å². The molecule has 1 aromatic heterocycles. The highest BCUT2D eigenvalue weighted by Gasteiger charge is 2.20. The molecule has 1 unspecified atom stereocenters. The zero-order valence-corrected chi connectivity index (χ0v) is 13.5. The Morgan fingerprint density at radius 3 is 2.62 bits per heavy atom. The largest absolute Gasteiger partial charge is 0.245 e. The Hall–Kier alpha value is -1.75. The van der Waals surface area contributed by atoms with E-state index in [0.29, 0.717) is 11.1 Å². The van der Waals surface area contributed by atoms with Crippen molar-refractivity contribution in [2.24, 2.45) is 0 Å². The van der Waals surface area contributed by atoms with E-state index in [-0.39, 0.29) is 4.90 Å². The predicted octanol–water partition coefficient (Wildman–Crippen LogP) is 2.67. The Kier molecular flexibility index (Phi) is 4.42. The molecule has 0 saturated carbocycles. The molecule has 0 aliphatic heterocycles. The lowest BCUT2D eigenvalue weighted by Gasteiger charge is -2.12. The first-order valence-corrected chi connectivity index (χ1v) is 8.65. The molecule has 5 nitrogen and oxygen atoms in total. The predicted molar refractivity (Wildman–Crippen MR) is 81.5 cm³/mol. The molecule has 2 aromatic rings. The molecule has 1 heterocycles. The molecule has 0 bridgehead atoms. The highest BCUT2D eigenvalue weighted by Crippen LogP contribution is 2.21. The fourth-order valence-corrected chi connectivity index (χ4v) is 4.02. The quantitative estimate of drug-likeness (QED) is 0.938. The molecule has 21 heavy (non-hydrogen) atoms. The van der Waals surface area contributed by atoms with Gasteiger partial charge in [0, 0.05) is 11.1 Å². The number of nitriles is 1. The molecule has 0 spiro atoms. The van der Waals surface area contributed by atoms with E-state index in [2.05, 4.69) is 9.71 Å². The standard InChI is InChI=1S/C14H15N3O2S2/c1-9-6-13(5-4-12(9)7-15)21(18,19)17-11(3)14-16-10(2)8-20-14/h4-6,8,11,17H,1-3H3. The minimum Gasteiger partial charge on any atom is -0.245 e. The number of sulfonamides is 1. The molecule has 1 N–H and O–H groups in total. The molecule has 110 valence electrons. The second-order valence-corrected chi connectivity index (χ2v) is 7.36. The van der Waals surface area contributed by atoms with Crippen LogP contribution in [0.25, 0.3) is 0 Å². The van der Waals surface area contributed by atoms with Gasteiger partial charge in [0.25, 0.3) is 0 Å². The van der Waals surface area contributed by atoms with Gasteiger partial charge in [0.15, 0.2) is 0 Å². The van der Waals surface area contributed by atoms with Crippen LogP contribution in [-0.2, 0) is 10.0 Å². The van der Waals surface area contributed by atoms with Crippen molar-refractivity contribution in [1.29, 1.82) is 5.26 Å². The van der Waals surface area contributed by atoms with Crippen LogP contribution in [-0.4, -0.2) is 13.4 Å². The summed E-state index contributed by atoms with van der Waals surface area (Å²) in [6.07, 6.45) is 0. The van der Waals surface area contributed by atoms with Gasteiger partial charge in [0.2, 0.25) is 10.0 Å². The molecule has 0 saturated heterocycles. The number of rotatable bonds is 4. The van der Waals surface area contributed by atoms with E-state index in [1.54, 1.807) is 13.8 Å². The van der Waals surface area contributed by atoms with Crippen LogP contribution in [0.5, 0.6) is 0 Å². The summed E-state index contributed by atoms with van der Waals surface area (Å²) in [5.74, 6) is 0. The molecule has 0 radical (unpaired) electrons. The van der Waals surface area contributed by atoms with Crippen LogP contribution in [0.15, 0.2) is 28.5 Å². The minimum atomic E-state index is -3.64. The third-order valence-corrected chi connectivity index (χ3v) is 5.65. The third-order valence-electron chi connectivity index (χ3n) is 2.97. The molecule has 1 aromatic carbocycles. The van der Waals surface area contributed by atoms with Gasteiger partial charge in [-0.05, 0) is 44.5 Å². The van der Waals surface area contributed by atoms with Crippen molar-refractivity contribution in [3.8, 4) is 6.07 Å². The maximum Gasteiger partial charge on any atom is 0.241 e. The summed E-state index contributed by atoms with van der Waals surface area (Å²) in [5, 5.41) is 11.5. The Balaban J connectivity index is 2.26. The lowest BCUT2D eigenvalue weighted by molar-refractivity contribution is 0.566. The molecular formula is C14H15N3O2S2. The van der Waals surface area contributed by atoms with Gasteiger partial charge < -0.3 is 0 Å². The maximum atomic E-state index is 12.4. The van der Waals surface area contributed by atoms with Gasteiger partial charge in [0.1, 0.15) is 5.01 Å². The summed E-state index contributed by atoms with van der Waals surface area (Å²) in [6.45, 7) is 5.34. The number of benzene rings is 1. The van der Waals surface area contributed by atoms with Crippen molar-refractivity contribution >= 4 is 21.4 Å². The van der Waals surface area contributed by atoms with E-state index in [4.69, 9.17) is 5.26 Å². The number of nitrogens with one attached hydrogen (secondary N) is 1. The first-order chi connectivity index (χ1) is 9.83. The summed E-state index contributed by atoms with van der Waals surface area (Å²) in [6, 6.07) is 6.08. The molecule has 0 aliphatic rings. The van der Waals surface area contributed by atoms with Gasteiger partial charge in [-0.1, -0.05) is 0 Å². The molecule has 0 amide bonds. The summed E-state index contributed by atoms with van der Waals surface area (Å²) in [4.78, 5) is 4.43. The normalized spacial score (nSPS) is 12.9. The average molecular weight is 321 g/mol. The molecule has 1 atom stereocenters. The number of aryl methyl sites for hydroxylation is 2. The number of hydrogen-bond donors (Lipinski definition) is 1. The molecule has 0 fully saturated rings. The van der Waals surface area contributed by atoms with Gasteiger partial charge in [0.05, 0.1) is 22.6 Å². The first-order valence-electron chi connectivity index (χ1n) is 6.28. The maximum absolute atomic E-state index is 12.4. The summed E-state index contributed by atoms with van der Waals surface area (Å²) in [7, 11) is -3.64. The number of thiazole rings is 1. The van der Waals surface area contributed by atoms with Gasteiger partial charge in [-0.3, -0.25) is 0 Å². The molecule has 7 heteroatoms. The summed E-state index contributed by atoms with van der Waals surface area (Å²) >= 11 is 1.42. The Labute approximate surface area is 128 Å². The van der Waals surface area contributed by atoms with Crippen LogP contribution in [0.2, 0.25) is 0 Å². The monoisotopic (exact) mass is 321 g/mol. The topological polar surface area (TPSA) is 82.9 Å². The van der Waals surface area contributed by atoms with Crippen molar-refractivity contribution in [1.82, 2.24) is 9.71 Å². The van der Waals surface area contributed by atoms with E-state index >= 15 is 0 Å². The Morgan fingerprint density at radius 1 is 1.38 bits per heavy atom. The van der Waals surface area contributed by atoms with Crippen LogP contribution in [0.1, 0.15) is 34.8 Å². The van der Waals surface area contributed by atoms with Gasteiger partial charge in [-0.25, -0.2) is 18.1 Å². The fourth-order valence-electron chi connectivity index (χ4n) is 1.85. The summed E-state index contributed by atoms with van der Waals surface area (Å²) in [5.41, 5.74) is 1.98. The second kappa shape index (κ2) is 5.93. The molecular weight excluding hydrogens is 306 g/mol. The van der Waals surface area contributed by atoms with Crippen molar-refractivity contribution in [3.05, 3.63) is 45.4 Å². The van der Waals surface area contributed by atoms with E-state index in [0.717, 1.165) is 10.7 Å². The lowest BCUT2D eigenvalue weighted by atomic mass is 10.1. The fraction of sp³-hybridized carbons (Fsp3) is 0.286. The second-order valence-electron chi connectivity index (χ2n) is 4.76. The van der Waals surface area contributed by atoms with Crippen molar-refractivity contribution in [3.63, 3.8) is 0 Å². The zero-order chi connectivity index (χ0) is 15.6. The van der Waals surface area contributed by atoms with Crippen molar-refractivity contribution in [2.75, 3.05) is 0 Å². The van der Waals surface area contributed by atoms with Crippen LogP contribution in [0.4, 0.5) is 0 Å². The highest BCUT2D eigenvalue weighted by atomic mass is 32.2. The van der Waals surface area contributed by atoms with Gasteiger partial charge in [-0.2, -0.15) is 5.26 Å². The Bertz CT molecular complexity index is 804. The minimum absolute atomic E-state index is 0.152. The highest BCUT2D eigenvalue weighted by molar-refractivity contribution is 7.89. The average Bonchev–Trinajstić information content (AvgIpc) is 2.85. The van der Waals surface area contributed by atoms with Gasteiger partial charge >= 0.3 is 0 Å². The third kappa shape index (κ3) is 3.47. The first kappa shape index (κ1) is 15.6.